The number of pyridine rings is 1. The van der Waals surface area contributed by atoms with Crippen LogP contribution in [0.25, 0.3) is 0 Å². The molecule has 0 unspecified atom stereocenters. The summed E-state index contributed by atoms with van der Waals surface area (Å²) in [5, 5.41) is 0. The van der Waals surface area contributed by atoms with E-state index in [4.69, 9.17) is 10.5 Å². The second-order valence-corrected chi connectivity index (χ2v) is 5.55. The van der Waals surface area contributed by atoms with E-state index in [0.29, 0.717) is 5.69 Å². The molecule has 0 amide bonds. The van der Waals surface area contributed by atoms with Crippen molar-refractivity contribution >= 4 is 11.4 Å². The van der Waals surface area contributed by atoms with Crippen LogP contribution in [-0.2, 0) is 6.54 Å². The van der Waals surface area contributed by atoms with Gasteiger partial charge in [0.15, 0.2) is 0 Å². The summed E-state index contributed by atoms with van der Waals surface area (Å²) in [6.07, 6.45) is 0.128. The molecular weight excluding hydrogens is 262 g/mol. The molecule has 0 saturated carbocycles. The minimum absolute atomic E-state index is 0.128. The van der Waals surface area contributed by atoms with E-state index < -0.39 is 0 Å². The number of benzene rings is 1. The van der Waals surface area contributed by atoms with Crippen molar-refractivity contribution in [1.29, 1.82) is 0 Å². The summed E-state index contributed by atoms with van der Waals surface area (Å²) in [7, 11) is 2.03. The molecule has 0 saturated heterocycles. The molecule has 0 bridgehead atoms. The van der Waals surface area contributed by atoms with Gasteiger partial charge in [0, 0.05) is 36.2 Å². The van der Waals surface area contributed by atoms with Crippen LogP contribution in [-0.4, -0.2) is 18.1 Å². The fourth-order valence-corrected chi connectivity index (χ4v) is 2.19. The van der Waals surface area contributed by atoms with E-state index in [1.165, 1.54) is 0 Å². The van der Waals surface area contributed by atoms with E-state index in [1.54, 1.807) is 0 Å². The third-order valence-corrected chi connectivity index (χ3v) is 3.07. The van der Waals surface area contributed by atoms with Gasteiger partial charge in [-0.15, -0.1) is 0 Å². The fraction of sp³-hybridized carbons (Fsp3) is 0.353. The highest BCUT2D eigenvalue weighted by Crippen LogP contribution is 2.26. The quantitative estimate of drug-likeness (QED) is 0.855. The predicted octanol–water partition coefficient (Wildman–Crippen LogP) is 3.40. The Morgan fingerprint density at radius 1 is 1.24 bits per heavy atom. The lowest BCUT2D eigenvalue weighted by atomic mass is 10.2. The van der Waals surface area contributed by atoms with Crippen LogP contribution < -0.4 is 15.4 Å². The van der Waals surface area contributed by atoms with Gasteiger partial charge in [-0.1, -0.05) is 6.07 Å². The first kappa shape index (κ1) is 15.2. The lowest BCUT2D eigenvalue weighted by Gasteiger charge is -2.21. The zero-order chi connectivity index (χ0) is 15.4. The number of aryl methyl sites for hydroxylation is 1. The average molecular weight is 285 g/mol. The van der Waals surface area contributed by atoms with Gasteiger partial charge in [-0.3, -0.25) is 4.98 Å². The highest BCUT2D eigenvalue weighted by atomic mass is 16.5. The summed E-state index contributed by atoms with van der Waals surface area (Å²) >= 11 is 0. The second kappa shape index (κ2) is 6.48. The Balaban J connectivity index is 2.18. The molecule has 1 heterocycles. The Hall–Kier alpha value is -2.23. The molecular formula is C17H23N3O. The topological polar surface area (TPSA) is 51.4 Å². The van der Waals surface area contributed by atoms with E-state index in [9.17, 15) is 0 Å². The van der Waals surface area contributed by atoms with E-state index in [1.807, 2.05) is 64.2 Å². The molecule has 0 aliphatic carbocycles. The average Bonchev–Trinajstić information content (AvgIpc) is 2.37. The number of hydrogen-bond donors (Lipinski definition) is 1. The number of anilines is 2. The van der Waals surface area contributed by atoms with Crippen molar-refractivity contribution in [3.05, 3.63) is 47.8 Å². The van der Waals surface area contributed by atoms with Gasteiger partial charge in [-0.05, 0) is 39.0 Å². The van der Waals surface area contributed by atoms with E-state index in [2.05, 4.69) is 9.88 Å². The third-order valence-electron chi connectivity index (χ3n) is 3.07. The van der Waals surface area contributed by atoms with Crippen LogP contribution in [0.3, 0.4) is 0 Å². The number of rotatable bonds is 5. The first-order valence-electron chi connectivity index (χ1n) is 7.15. The summed E-state index contributed by atoms with van der Waals surface area (Å²) in [4.78, 5) is 6.64. The summed E-state index contributed by atoms with van der Waals surface area (Å²) in [6.45, 7) is 6.73. The van der Waals surface area contributed by atoms with Crippen molar-refractivity contribution in [2.45, 2.75) is 33.4 Å². The summed E-state index contributed by atoms with van der Waals surface area (Å²) in [5.41, 5.74) is 9.75. The molecule has 2 rings (SSSR count). The molecule has 0 aliphatic heterocycles. The Bertz CT molecular complexity index is 611. The van der Waals surface area contributed by atoms with Crippen molar-refractivity contribution in [3.8, 4) is 5.75 Å². The third kappa shape index (κ3) is 4.38. The fourth-order valence-electron chi connectivity index (χ4n) is 2.19. The Morgan fingerprint density at radius 2 is 2.00 bits per heavy atom. The first-order chi connectivity index (χ1) is 9.94. The van der Waals surface area contributed by atoms with Crippen LogP contribution in [0.5, 0.6) is 5.75 Å². The number of nitrogen functional groups attached to an aromatic ring is 1. The van der Waals surface area contributed by atoms with Gasteiger partial charge in [0.2, 0.25) is 0 Å². The minimum Gasteiger partial charge on any atom is -0.491 e. The molecule has 1 aromatic carbocycles. The monoisotopic (exact) mass is 285 g/mol. The molecule has 112 valence electrons. The van der Waals surface area contributed by atoms with Crippen LogP contribution in [0.15, 0.2) is 36.4 Å². The zero-order valence-corrected chi connectivity index (χ0v) is 13.1. The highest BCUT2D eigenvalue weighted by molar-refractivity contribution is 5.60. The maximum Gasteiger partial charge on any atom is 0.123 e. The molecule has 2 N–H and O–H groups in total. The Labute approximate surface area is 126 Å². The standard InChI is InChI=1S/C17H23N3O/c1-12(2)21-17-9-14(18)8-16(10-17)20(4)11-15-7-5-6-13(3)19-15/h5-10,12H,11,18H2,1-4H3. The van der Waals surface area contributed by atoms with Gasteiger partial charge < -0.3 is 15.4 Å². The maximum absolute atomic E-state index is 5.97. The lowest BCUT2D eigenvalue weighted by Crippen LogP contribution is -2.18. The van der Waals surface area contributed by atoms with Crippen LogP contribution >= 0.6 is 0 Å². The number of nitrogens with two attached hydrogens (primary N) is 1. The van der Waals surface area contributed by atoms with Crippen molar-refractivity contribution in [2.24, 2.45) is 0 Å². The van der Waals surface area contributed by atoms with E-state index in [-0.39, 0.29) is 6.10 Å². The SMILES string of the molecule is Cc1cccc(CN(C)c2cc(N)cc(OC(C)C)c2)n1. The van der Waals surface area contributed by atoms with Crippen LogP contribution in [0, 0.1) is 6.92 Å². The van der Waals surface area contributed by atoms with E-state index in [0.717, 1.165) is 29.4 Å². The zero-order valence-electron chi connectivity index (χ0n) is 13.1. The predicted molar refractivity (Wildman–Crippen MR) is 87.7 cm³/mol. The van der Waals surface area contributed by atoms with Crippen LogP contribution in [0.2, 0.25) is 0 Å². The van der Waals surface area contributed by atoms with Crippen molar-refractivity contribution < 1.29 is 4.74 Å². The molecule has 2 aromatic rings. The minimum atomic E-state index is 0.128. The summed E-state index contributed by atoms with van der Waals surface area (Å²) in [6, 6.07) is 11.9. The molecule has 0 radical (unpaired) electrons. The second-order valence-electron chi connectivity index (χ2n) is 5.55. The first-order valence-corrected chi connectivity index (χ1v) is 7.15. The van der Waals surface area contributed by atoms with Crippen molar-refractivity contribution in [2.75, 3.05) is 17.7 Å². The Kier molecular flexibility index (Phi) is 4.68. The van der Waals surface area contributed by atoms with Gasteiger partial charge in [0.05, 0.1) is 18.3 Å². The highest BCUT2D eigenvalue weighted by Gasteiger charge is 2.08. The molecule has 0 spiro atoms. The van der Waals surface area contributed by atoms with Gasteiger partial charge >= 0.3 is 0 Å². The molecule has 1 aromatic heterocycles. The van der Waals surface area contributed by atoms with E-state index >= 15 is 0 Å². The summed E-state index contributed by atoms with van der Waals surface area (Å²) in [5.74, 6) is 0.795. The smallest absolute Gasteiger partial charge is 0.123 e. The molecule has 21 heavy (non-hydrogen) atoms. The molecule has 4 nitrogen and oxygen atoms in total. The molecule has 0 fully saturated rings. The molecule has 4 heteroatoms. The van der Waals surface area contributed by atoms with Gasteiger partial charge in [0.25, 0.3) is 0 Å². The maximum atomic E-state index is 5.97. The van der Waals surface area contributed by atoms with Crippen LogP contribution in [0.1, 0.15) is 25.2 Å². The van der Waals surface area contributed by atoms with Gasteiger partial charge in [-0.25, -0.2) is 0 Å². The number of hydrogen-bond acceptors (Lipinski definition) is 4. The largest absolute Gasteiger partial charge is 0.491 e. The molecule has 0 atom stereocenters. The Morgan fingerprint density at radius 3 is 2.67 bits per heavy atom. The molecule has 0 aliphatic rings. The van der Waals surface area contributed by atoms with Crippen LogP contribution in [0.4, 0.5) is 11.4 Å². The lowest BCUT2D eigenvalue weighted by molar-refractivity contribution is 0.242. The number of nitrogens with zero attached hydrogens (tertiary/aromatic N) is 2. The number of aromatic nitrogens is 1. The van der Waals surface area contributed by atoms with Crippen molar-refractivity contribution in [1.82, 2.24) is 4.98 Å². The van der Waals surface area contributed by atoms with Crippen molar-refractivity contribution in [3.63, 3.8) is 0 Å². The normalized spacial score (nSPS) is 10.7. The van der Waals surface area contributed by atoms with Gasteiger partial charge in [0.1, 0.15) is 5.75 Å². The number of ether oxygens (including phenoxy) is 1. The summed E-state index contributed by atoms with van der Waals surface area (Å²) < 4.78 is 5.73. The van der Waals surface area contributed by atoms with Gasteiger partial charge in [-0.2, -0.15) is 0 Å².